The minimum Gasteiger partial charge on any atom is -0.274 e. The molecule has 0 spiro atoms. The lowest BCUT2D eigenvalue weighted by Crippen LogP contribution is -2.37. The van der Waals surface area contributed by atoms with E-state index < -0.39 is 0 Å². The molecule has 1 aliphatic rings. The molecule has 0 bridgehead atoms. The Morgan fingerprint density at radius 2 is 2.11 bits per heavy atom. The zero-order valence-electron chi connectivity index (χ0n) is 9.63. The third-order valence-corrected chi connectivity index (χ3v) is 2.96. The number of benzene rings is 1. The molecule has 1 aliphatic heterocycles. The van der Waals surface area contributed by atoms with Gasteiger partial charge in [0.25, 0.3) is 0 Å². The summed E-state index contributed by atoms with van der Waals surface area (Å²) in [4.78, 5) is 0. The van der Waals surface area contributed by atoms with Crippen LogP contribution in [-0.4, -0.2) is 27.7 Å². The third-order valence-electron chi connectivity index (χ3n) is 2.64. The predicted octanol–water partition coefficient (Wildman–Crippen LogP) is 1.14. The molecule has 18 heavy (non-hydrogen) atoms. The summed E-state index contributed by atoms with van der Waals surface area (Å²) in [5.41, 5.74) is 7.27. The highest BCUT2D eigenvalue weighted by Crippen LogP contribution is 2.19. The van der Waals surface area contributed by atoms with Gasteiger partial charge >= 0.3 is 0 Å². The van der Waals surface area contributed by atoms with E-state index in [1.165, 1.54) is 0 Å². The topological polar surface area (TPSA) is 57.5 Å². The second kappa shape index (κ2) is 4.32. The Balaban J connectivity index is 1.97. The van der Waals surface area contributed by atoms with Gasteiger partial charge in [0, 0.05) is 13.2 Å². The first-order valence-corrected chi connectivity index (χ1v) is 5.75. The molecular formula is C11H11ClN6. The van der Waals surface area contributed by atoms with Gasteiger partial charge in [-0.3, -0.25) is 5.01 Å². The smallest absolute Gasteiger partial charge is 0.175 e. The number of amidine groups is 1. The third kappa shape index (κ3) is 1.81. The van der Waals surface area contributed by atoms with Crippen molar-refractivity contribution in [3.8, 4) is 5.69 Å². The minimum absolute atomic E-state index is 0.658. The predicted molar refractivity (Wildman–Crippen MR) is 69.1 cm³/mol. The van der Waals surface area contributed by atoms with E-state index in [0.717, 1.165) is 17.1 Å². The van der Waals surface area contributed by atoms with E-state index in [9.17, 15) is 0 Å². The fourth-order valence-electron chi connectivity index (χ4n) is 1.75. The molecule has 0 fully saturated rings. The maximum absolute atomic E-state index is 6.13. The molecule has 0 radical (unpaired) electrons. The number of hydrazine groups is 2. The Kier molecular flexibility index (Phi) is 2.66. The number of halogens is 1. The van der Waals surface area contributed by atoms with Crippen molar-refractivity contribution in [3.05, 3.63) is 47.2 Å². The van der Waals surface area contributed by atoms with E-state index in [2.05, 4.69) is 21.3 Å². The van der Waals surface area contributed by atoms with Crippen LogP contribution in [0.4, 0.5) is 0 Å². The first kappa shape index (κ1) is 11.1. The van der Waals surface area contributed by atoms with Crippen LogP contribution < -0.4 is 11.1 Å². The first-order chi connectivity index (χ1) is 8.75. The van der Waals surface area contributed by atoms with Crippen molar-refractivity contribution in [2.24, 2.45) is 5.10 Å². The van der Waals surface area contributed by atoms with Crippen LogP contribution >= 0.6 is 11.6 Å². The van der Waals surface area contributed by atoms with Crippen LogP contribution in [0.25, 0.3) is 5.69 Å². The van der Waals surface area contributed by atoms with Gasteiger partial charge in [0.05, 0.1) is 22.5 Å². The van der Waals surface area contributed by atoms with Gasteiger partial charge in [-0.05, 0) is 12.1 Å². The molecule has 1 aromatic heterocycles. The summed E-state index contributed by atoms with van der Waals surface area (Å²) in [5.74, 6) is 0.772. The fraction of sp³-hybridized carbons (Fsp3) is 0.0909. The van der Waals surface area contributed by atoms with Crippen LogP contribution in [0.5, 0.6) is 0 Å². The van der Waals surface area contributed by atoms with Gasteiger partial charge in [-0.15, -0.1) is 10.6 Å². The molecule has 2 N–H and O–H groups in total. The van der Waals surface area contributed by atoms with Gasteiger partial charge in [0.2, 0.25) is 0 Å². The standard InChI is InChI=1S/C11H11ClN6/c1-17-11(14-15-16-17)8-6-13-18(7-8)10-5-3-2-4-9(10)12/h2-7,15-16H,1H3. The number of nitrogens with zero attached hydrogens (tertiary/aromatic N) is 4. The number of hydrazone groups is 1. The molecule has 0 unspecified atom stereocenters. The Morgan fingerprint density at radius 1 is 1.28 bits per heavy atom. The van der Waals surface area contributed by atoms with Crippen LogP contribution in [-0.2, 0) is 0 Å². The zero-order chi connectivity index (χ0) is 12.5. The summed E-state index contributed by atoms with van der Waals surface area (Å²) in [6, 6.07) is 7.56. The van der Waals surface area contributed by atoms with Crippen molar-refractivity contribution in [1.82, 2.24) is 25.9 Å². The van der Waals surface area contributed by atoms with Crippen molar-refractivity contribution in [3.63, 3.8) is 0 Å². The Bertz CT molecular complexity index is 605. The summed E-state index contributed by atoms with van der Waals surface area (Å²) in [7, 11) is 1.87. The van der Waals surface area contributed by atoms with Gasteiger partial charge < -0.3 is 0 Å². The highest BCUT2D eigenvalue weighted by Gasteiger charge is 2.16. The highest BCUT2D eigenvalue weighted by atomic mass is 35.5. The number of aromatic nitrogens is 2. The van der Waals surface area contributed by atoms with Crippen LogP contribution in [0, 0.1) is 0 Å². The van der Waals surface area contributed by atoms with E-state index in [1.54, 1.807) is 15.9 Å². The van der Waals surface area contributed by atoms with Gasteiger partial charge in [-0.1, -0.05) is 23.7 Å². The zero-order valence-corrected chi connectivity index (χ0v) is 10.4. The van der Waals surface area contributed by atoms with Crippen LogP contribution in [0.1, 0.15) is 5.56 Å². The maximum Gasteiger partial charge on any atom is 0.175 e. The van der Waals surface area contributed by atoms with Crippen molar-refractivity contribution in [1.29, 1.82) is 0 Å². The molecule has 7 heteroatoms. The SMILES string of the molecule is CN1NNN=C1c1cnn(-c2ccccc2Cl)c1. The summed E-state index contributed by atoms with van der Waals surface area (Å²) >= 11 is 6.13. The molecule has 0 atom stereocenters. The number of hydrogen-bond donors (Lipinski definition) is 2. The molecular weight excluding hydrogens is 252 g/mol. The maximum atomic E-state index is 6.13. The molecule has 0 aliphatic carbocycles. The van der Waals surface area contributed by atoms with E-state index in [4.69, 9.17) is 11.6 Å². The normalized spacial score (nSPS) is 14.6. The van der Waals surface area contributed by atoms with Crippen LogP contribution in [0.3, 0.4) is 0 Å². The average Bonchev–Trinajstić information content (AvgIpc) is 2.98. The lowest BCUT2D eigenvalue weighted by molar-refractivity contribution is 0.349. The summed E-state index contributed by atoms with van der Waals surface area (Å²) in [6.45, 7) is 0. The molecule has 2 heterocycles. The van der Waals surface area contributed by atoms with E-state index >= 15 is 0 Å². The number of para-hydroxylation sites is 1. The number of nitrogens with one attached hydrogen (secondary N) is 2. The van der Waals surface area contributed by atoms with Crippen molar-refractivity contribution >= 4 is 17.4 Å². The van der Waals surface area contributed by atoms with Crippen LogP contribution in [0.2, 0.25) is 5.02 Å². The van der Waals surface area contributed by atoms with Gasteiger partial charge in [-0.2, -0.15) is 5.10 Å². The Morgan fingerprint density at radius 3 is 2.83 bits per heavy atom. The van der Waals surface area contributed by atoms with Gasteiger partial charge in [-0.25, -0.2) is 10.2 Å². The molecule has 1 aromatic carbocycles. The highest BCUT2D eigenvalue weighted by molar-refractivity contribution is 6.32. The van der Waals surface area contributed by atoms with Crippen molar-refractivity contribution in [2.75, 3.05) is 7.05 Å². The Labute approximate surface area is 109 Å². The van der Waals surface area contributed by atoms with E-state index in [-0.39, 0.29) is 0 Å². The fourth-order valence-corrected chi connectivity index (χ4v) is 1.97. The van der Waals surface area contributed by atoms with Crippen molar-refractivity contribution < 1.29 is 0 Å². The summed E-state index contributed by atoms with van der Waals surface area (Å²) in [6.07, 6.45) is 3.62. The summed E-state index contributed by atoms with van der Waals surface area (Å²) < 4.78 is 1.73. The summed E-state index contributed by atoms with van der Waals surface area (Å²) in [5, 5.41) is 10.8. The van der Waals surface area contributed by atoms with E-state index in [1.807, 2.05) is 37.5 Å². The molecule has 2 aromatic rings. The van der Waals surface area contributed by atoms with E-state index in [0.29, 0.717) is 5.02 Å². The lowest BCUT2D eigenvalue weighted by Gasteiger charge is -2.09. The number of hydrogen-bond acceptors (Lipinski definition) is 5. The first-order valence-electron chi connectivity index (χ1n) is 5.38. The quantitative estimate of drug-likeness (QED) is 0.852. The Hall–Kier alpha value is -2.05. The molecule has 0 amide bonds. The monoisotopic (exact) mass is 262 g/mol. The second-order valence-corrected chi connectivity index (χ2v) is 4.25. The van der Waals surface area contributed by atoms with Crippen LogP contribution in [0.15, 0.2) is 41.8 Å². The average molecular weight is 263 g/mol. The molecule has 92 valence electrons. The molecule has 3 rings (SSSR count). The number of rotatable bonds is 2. The lowest BCUT2D eigenvalue weighted by atomic mass is 10.3. The minimum atomic E-state index is 0.658. The molecule has 6 nitrogen and oxygen atoms in total. The van der Waals surface area contributed by atoms with Gasteiger partial charge in [0.15, 0.2) is 5.84 Å². The molecule has 0 saturated heterocycles. The molecule has 0 saturated carbocycles. The van der Waals surface area contributed by atoms with Crippen molar-refractivity contribution in [2.45, 2.75) is 0 Å². The largest absolute Gasteiger partial charge is 0.274 e. The second-order valence-electron chi connectivity index (χ2n) is 3.84. The van der Waals surface area contributed by atoms with Gasteiger partial charge in [0.1, 0.15) is 0 Å².